The van der Waals surface area contributed by atoms with E-state index in [1.54, 1.807) is 27.4 Å². The van der Waals surface area contributed by atoms with Crippen molar-refractivity contribution in [2.75, 3.05) is 21.3 Å². The lowest BCUT2D eigenvalue weighted by atomic mass is 9.93. The first-order valence-corrected chi connectivity index (χ1v) is 8.54. The number of ether oxygens (including phenoxy) is 3. The summed E-state index contributed by atoms with van der Waals surface area (Å²) in [6.07, 6.45) is 0.803. The van der Waals surface area contributed by atoms with E-state index >= 15 is 0 Å². The molecule has 26 heavy (non-hydrogen) atoms. The Morgan fingerprint density at radius 1 is 0.885 bits per heavy atom. The average molecular weight is 351 g/mol. The number of nitrogens with zero attached hydrogens (tertiary/aromatic N) is 1. The van der Waals surface area contributed by atoms with Crippen molar-refractivity contribution < 1.29 is 14.2 Å². The maximum atomic E-state index is 13.1. The minimum Gasteiger partial charge on any atom is -0.496 e. The van der Waals surface area contributed by atoms with Crippen molar-refractivity contribution in [2.45, 2.75) is 19.9 Å². The molecule has 1 aromatic heterocycles. The van der Waals surface area contributed by atoms with E-state index in [9.17, 15) is 4.79 Å². The molecule has 5 nitrogen and oxygen atoms in total. The third-order valence-corrected chi connectivity index (χ3v) is 5.12. The van der Waals surface area contributed by atoms with Crippen molar-refractivity contribution in [2.24, 2.45) is 0 Å². The Balaban J connectivity index is 2.02. The molecule has 134 valence electrons. The number of fused-ring (bicyclic) bond motifs is 4. The van der Waals surface area contributed by atoms with Crippen LogP contribution in [-0.2, 0) is 13.0 Å². The Morgan fingerprint density at radius 2 is 1.58 bits per heavy atom. The number of benzene rings is 2. The van der Waals surface area contributed by atoms with Gasteiger partial charge in [-0.15, -0.1) is 0 Å². The minimum atomic E-state index is -0.00225. The van der Waals surface area contributed by atoms with Gasteiger partial charge in [0.1, 0.15) is 5.75 Å². The van der Waals surface area contributed by atoms with Gasteiger partial charge < -0.3 is 18.8 Å². The lowest BCUT2D eigenvalue weighted by molar-refractivity contribution is 0.356. The Kier molecular flexibility index (Phi) is 3.87. The van der Waals surface area contributed by atoms with E-state index in [1.165, 1.54) is 5.56 Å². The Labute approximate surface area is 151 Å². The molecule has 2 heterocycles. The summed E-state index contributed by atoms with van der Waals surface area (Å²) in [5.41, 5.74) is 4.27. The van der Waals surface area contributed by atoms with Gasteiger partial charge in [-0.25, -0.2) is 0 Å². The van der Waals surface area contributed by atoms with Gasteiger partial charge in [-0.2, -0.15) is 0 Å². The van der Waals surface area contributed by atoms with E-state index in [-0.39, 0.29) is 5.56 Å². The second kappa shape index (κ2) is 6.09. The zero-order valence-corrected chi connectivity index (χ0v) is 15.4. The van der Waals surface area contributed by atoms with Crippen LogP contribution in [-0.4, -0.2) is 25.9 Å². The monoisotopic (exact) mass is 351 g/mol. The quantitative estimate of drug-likeness (QED) is 0.724. The summed E-state index contributed by atoms with van der Waals surface area (Å²) in [4.78, 5) is 13.1. The highest BCUT2D eigenvalue weighted by Gasteiger charge is 2.21. The fourth-order valence-corrected chi connectivity index (χ4v) is 3.75. The van der Waals surface area contributed by atoms with E-state index in [0.717, 1.165) is 34.4 Å². The zero-order valence-electron chi connectivity index (χ0n) is 15.4. The molecule has 0 unspecified atom stereocenters. The van der Waals surface area contributed by atoms with Crippen LogP contribution in [0.25, 0.3) is 22.0 Å². The second-order valence-corrected chi connectivity index (χ2v) is 6.51. The predicted octanol–water partition coefficient (Wildman–Crippen LogP) is 3.56. The molecule has 0 radical (unpaired) electrons. The molecule has 1 aliphatic heterocycles. The predicted molar refractivity (Wildman–Crippen MR) is 102 cm³/mol. The summed E-state index contributed by atoms with van der Waals surface area (Å²) < 4.78 is 18.1. The Morgan fingerprint density at radius 3 is 2.27 bits per heavy atom. The van der Waals surface area contributed by atoms with Gasteiger partial charge in [0.2, 0.25) is 0 Å². The van der Waals surface area contributed by atoms with E-state index in [2.05, 4.69) is 18.2 Å². The number of methoxy groups -OCH3 is 3. The van der Waals surface area contributed by atoms with Crippen LogP contribution in [0.1, 0.15) is 11.1 Å². The van der Waals surface area contributed by atoms with E-state index < -0.39 is 0 Å². The molecular weight excluding hydrogens is 330 g/mol. The minimum absolute atomic E-state index is 0.00225. The van der Waals surface area contributed by atoms with Crippen LogP contribution in [0, 0.1) is 6.92 Å². The Hall–Kier alpha value is -2.95. The number of pyridine rings is 1. The van der Waals surface area contributed by atoms with Crippen LogP contribution in [0.4, 0.5) is 0 Å². The number of aryl methyl sites for hydroxylation is 2. The molecule has 0 fully saturated rings. The highest BCUT2D eigenvalue weighted by molar-refractivity contribution is 5.89. The number of rotatable bonds is 3. The van der Waals surface area contributed by atoms with Crippen LogP contribution in [0.5, 0.6) is 17.2 Å². The fourth-order valence-electron chi connectivity index (χ4n) is 3.75. The van der Waals surface area contributed by atoms with Crippen LogP contribution in [0.15, 0.2) is 35.1 Å². The molecule has 0 N–H and O–H groups in total. The van der Waals surface area contributed by atoms with Crippen LogP contribution < -0.4 is 19.8 Å². The largest absolute Gasteiger partial charge is 0.496 e. The van der Waals surface area contributed by atoms with Gasteiger partial charge in [-0.3, -0.25) is 4.79 Å². The highest BCUT2D eigenvalue weighted by atomic mass is 16.5. The van der Waals surface area contributed by atoms with Crippen molar-refractivity contribution in [1.29, 1.82) is 0 Å². The standard InChI is InChI=1S/C21H21NO4/c1-12-7-15-13(9-18(12)24-2)5-6-22-17(15)8-14-10-19(25-3)20(26-4)11-16(14)21(22)23/h7-11H,5-6H2,1-4H3. The van der Waals surface area contributed by atoms with Crippen LogP contribution in [0.3, 0.4) is 0 Å². The number of hydrogen-bond acceptors (Lipinski definition) is 4. The van der Waals surface area contributed by atoms with Crippen molar-refractivity contribution >= 4 is 10.8 Å². The van der Waals surface area contributed by atoms with Gasteiger partial charge in [0, 0.05) is 12.1 Å². The topological polar surface area (TPSA) is 49.7 Å². The Bertz CT molecular complexity index is 1080. The van der Waals surface area contributed by atoms with Crippen molar-refractivity contribution in [3.05, 3.63) is 51.8 Å². The van der Waals surface area contributed by atoms with E-state index in [0.29, 0.717) is 23.4 Å². The summed E-state index contributed by atoms with van der Waals surface area (Å²) in [5, 5.41) is 1.49. The van der Waals surface area contributed by atoms with Gasteiger partial charge in [0.25, 0.3) is 5.56 Å². The second-order valence-electron chi connectivity index (χ2n) is 6.51. The molecule has 0 saturated carbocycles. The maximum Gasteiger partial charge on any atom is 0.259 e. The molecule has 0 spiro atoms. The van der Waals surface area contributed by atoms with E-state index in [1.807, 2.05) is 17.6 Å². The third kappa shape index (κ3) is 2.35. The molecule has 4 rings (SSSR count). The molecule has 0 aliphatic carbocycles. The normalized spacial score (nSPS) is 12.5. The molecule has 1 aliphatic rings. The summed E-state index contributed by atoms with van der Waals surface area (Å²) in [6, 6.07) is 9.87. The van der Waals surface area contributed by atoms with Gasteiger partial charge in [0.15, 0.2) is 11.5 Å². The lowest BCUT2D eigenvalue weighted by Gasteiger charge is -2.24. The van der Waals surface area contributed by atoms with Gasteiger partial charge >= 0.3 is 0 Å². The van der Waals surface area contributed by atoms with Gasteiger partial charge in [-0.1, -0.05) is 0 Å². The first-order chi connectivity index (χ1) is 12.6. The van der Waals surface area contributed by atoms with E-state index in [4.69, 9.17) is 14.2 Å². The molecule has 0 atom stereocenters. The lowest BCUT2D eigenvalue weighted by Crippen LogP contribution is -2.26. The van der Waals surface area contributed by atoms with Crippen molar-refractivity contribution in [3.63, 3.8) is 0 Å². The molecule has 5 heteroatoms. The molecule has 0 bridgehead atoms. The van der Waals surface area contributed by atoms with Crippen LogP contribution >= 0.6 is 0 Å². The summed E-state index contributed by atoms with van der Waals surface area (Å²) >= 11 is 0. The molecule has 2 aromatic carbocycles. The zero-order chi connectivity index (χ0) is 18.4. The number of hydrogen-bond donors (Lipinski definition) is 0. The first-order valence-electron chi connectivity index (χ1n) is 8.54. The van der Waals surface area contributed by atoms with Crippen LogP contribution in [0.2, 0.25) is 0 Å². The smallest absolute Gasteiger partial charge is 0.259 e. The summed E-state index contributed by atoms with van der Waals surface area (Å²) in [6.45, 7) is 2.67. The molecular formula is C21H21NO4. The number of aromatic nitrogens is 1. The van der Waals surface area contributed by atoms with Gasteiger partial charge in [-0.05, 0) is 60.2 Å². The maximum absolute atomic E-state index is 13.1. The SMILES string of the molecule is COc1cc2c(cc1C)-c1cc3cc(OC)c(OC)cc3c(=O)n1CC2. The summed E-state index contributed by atoms with van der Waals surface area (Å²) in [7, 11) is 4.86. The fraction of sp³-hybridized carbons (Fsp3) is 0.286. The molecule has 3 aromatic rings. The van der Waals surface area contributed by atoms with Crippen molar-refractivity contribution in [3.8, 4) is 28.5 Å². The molecule has 0 saturated heterocycles. The third-order valence-electron chi connectivity index (χ3n) is 5.12. The molecule has 0 amide bonds. The van der Waals surface area contributed by atoms with Crippen molar-refractivity contribution in [1.82, 2.24) is 4.57 Å². The van der Waals surface area contributed by atoms with Gasteiger partial charge in [0.05, 0.1) is 32.4 Å². The first kappa shape index (κ1) is 16.5. The average Bonchev–Trinajstić information content (AvgIpc) is 2.66. The highest BCUT2D eigenvalue weighted by Crippen LogP contribution is 2.37. The summed E-state index contributed by atoms with van der Waals surface area (Å²) in [5.74, 6) is 2.06.